The first kappa shape index (κ1) is 17.2. The number of nitrogens with one attached hydrogen (secondary N) is 1. The van der Waals surface area contributed by atoms with Crippen molar-refractivity contribution in [2.75, 3.05) is 20.6 Å². The minimum Gasteiger partial charge on any atom is -0.348 e. The zero-order valence-corrected chi connectivity index (χ0v) is 13.1. The van der Waals surface area contributed by atoms with Crippen molar-refractivity contribution in [3.63, 3.8) is 0 Å². The van der Waals surface area contributed by atoms with E-state index in [2.05, 4.69) is 12.2 Å². The summed E-state index contributed by atoms with van der Waals surface area (Å²) in [6.45, 7) is 2.54. The number of benzene rings is 1. The number of hydrogen-bond donors (Lipinski definition) is 2. The minimum atomic E-state index is -0.148. The highest BCUT2D eigenvalue weighted by Crippen LogP contribution is 2.07. The van der Waals surface area contributed by atoms with Crippen molar-refractivity contribution in [3.8, 4) is 0 Å². The van der Waals surface area contributed by atoms with Gasteiger partial charge in [0, 0.05) is 37.8 Å². The summed E-state index contributed by atoms with van der Waals surface area (Å²) in [6, 6.07) is 6.67. The fourth-order valence-corrected chi connectivity index (χ4v) is 1.99. The van der Waals surface area contributed by atoms with E-state index in [0.29, 0.717) is 17.7 Å². The zero-order valence-electron chi connectivity index (χ0n) is 13.1. The van der Waals surface area contributed by atoms with Crippen molar-refractivity contribution in [1.29, 1.82) is 0 Å². The number of rotatable bonds is 7. The maximum Gasteiger partial charge on any atom is 0.253 e. The highest BCUT2D eigenvalue weighted by Gasteiger charge is 2.13. The predicted octanol–water partition coefficient (Wildman–Crippen LogP) is 1.64. The first-order chi connectivity index (χ1) is 9.99. The molecule has 0 saturated carbocycles. The summed E-state index contributed by atoms with van der Waals surface area (Å²) in [5.41, 5.74) is 6.78. The van der Waals surface area contributed by atoms with Crippen LogP contribution in [0.1, 0.15) is 46.9 Å². The molecule has 0 aromatic heterocycles. The first-order valence-corrected chi connectivity index (χ1v) is 7.32. The number of nitrogens with two attached hydrogens (primary N) is 1. The number of carbonyl (C=O) groups excluding carboxylic acids is 2. The van der Waals surface area contributed by atoms with Crippen LogP contribution in [0.2, 0.25) is 0 Å². The molecule has 5 nitrogen and oxygen atoms in total. The van der Waals surface area contributed by atoms with Crippen LogP contribution in [-0.2, 0) is 0 Å². The molecule has 0 aliphatic carbocycles. The second kappa shape index (κ2) is 8.42. The van der Waals surface area contributed by atoms with E-state index in [1.54, 1.807) is 38.4 Å². The van der Waals surface area contributed by atoms with Crippen LogP contribution >= 0.6 is 0 Å². The van der Waals surface area contributed by atoms with Crippen molar-refractivity contribution in [1.82, 2.24) is 10.2 Å². The second-order valence-electron chi connectivity index (χ2n) is 5.33. The number of unbranched alkanes of at least 4 members (excludes halogenated alkanes) is 1. The van der Waals surface area contributed by atoms with Crippen molar-refractivity contribution < 1.29 is 9.59 Å². The SMILES string of the molecule is CCCCC(CN)NC(=O)c1ccc(C(=O)N(C)C)cc1. The van der Waals surface area contributed by atoms with E-state index in [1.165, 1.54) is 4.90 Å². The Morgan fingerprint density at radius 2 is 1.76 bits per heavy atom. The molecule has 1 unspecified atom stereocenters. The zero-order chi connectivity index (χ0) is 15.8. The summed E-state index contributed by atoms with van der Waals surface area (Å²) in [5, 5.41) is 2.93. The van der Waals surface area contributed by atoms with Crippen molar-refractivity contribution in [2.24, 2.45) is 5.73 Å². The largest absolute Gasteiger partial charge is 0.348 e. The van der Waals surface area contributed by atoms with Gasteiger partial charge >= 0.3 is 0 Å². The Morgan fingerprint density at radius 1 is 1.19 bits per heavy atom. The van der Waals surface area contributed by atoms with E-state index in [0.717, 1.165) is 19.3 Å². The van der Waals surface area contributed by atoms with Crippen LogP contribution in [0.5, 0.6) is 0 Å². The van der Waals surface area contributed by atoms with Crippen molar-refractivity contribution >= 4 is 11.8 Å². The Labute approximate surface area is 126 Å². The normalized spacial score (nSPS) is 11.8. The molecule has 116 valence electrons. The van der Waals surface area contributed by atoms with Crippen LogP contribution < -0.4 is 11.1 Å². The standard InChI is InChI=1S/C16H25N3O2/c1-4-5-6-14(11-17)18-15(20)12-7-9-13(10-8-12)16(21)19(2)3/h7-10,14H,4-6,11,17H2,1-3H3,(H,18,20). The maximum atomic E-state index is 12.1. The average molecular weight is 291 g/mol. The number of nitrogens with zero attached hydrogens (tertiary/aromatic N) is 1. The third kappa shape index (κ3) is 5.19. The molecule has 2 amide bonds. The lowest BCUT2D eigenvalue weighted by Gasteiger charge is -2.16. The van der Waals surface area contributed by atoms with Gasteiger partial charge in [-0.2, -0.15) is 0 Å². The lowest BCUT2D eigenvalue weighted by atomic mass is 10.1. The number of amides is 2. The Bertz CT molecular complexity index is 469. The van der Waals surface area contributed by atoms with E-state index in [9.17, 15) is 9.59 Å². The third-order valence-electron chi connectivity index (χ3n) is 3.33. The summed E-state index contributed by atoms with van der Waals surface area (Å²) >= 11 is 0. The van der Waals surface area contributed by atoms with Gasteiger partial charge in [-0.15, -0.1) is 0 Å². The highest BCUT2D eigenvalue weighted by atomic mass is 16.2. The van der Waals surface area contributed by atoms with E-state index in [-0.39, 0.29) is 17.9 Å². The summed E-state index contributed by atoms with van der Waals surface area (Å²) in [4.78, 5) is 25.4. The molecule has 0 bridgehead atoms. The van der Waals surface area contributed by atoms with Gasteiger partial charge in [-0.05, 0) is 30.7 Å². The van der Waals surface area contributed by atoms with Gasteiger partial charge in [0.1, 0.15) is 0 Å². The maximum absolute atomic E-state index is 12.1. The molecule has 0 fully saturated rings. The lowest BCUT2D eigenvalue weighted by molar-refractivity contribution is 0.0826. The van der Waals surface area contributed by atoms with Crippen LogP contribution in [0.15, 0.2) is 24.3 Å². The lowest BCUT2D eigenvalue weighted by Crippen LogP contribution is -2.40. The quantitative estimate of drug-likeness (QED) is 0.802. The molecule has 0 aliphatic rings. The number of hydrogen-bond acceptors (Lipinski definition) is 3. The molecule has 5 heteroatoms. The van der Waals surface area contributed by atoms with Gasteiger partial charge in [-0.3, -0.25) is 9.59 Å². The van der Waals surface area contributed by atoms with Crippen LogP contribution in [-0.4, -0.2) is 43.4 Å². The van der Waals surface area contributed by atoms with Gasteiger partial charge in [-0.1, -0.05) is 19.8 Å². The minimum absolute atomic E-state index is 0.000494. The van der Waals surface area contributed by atoms with E-state index >= 15 is 0 Å². The van der Waals surface area contributed by atoms with E-state index in [4.69, 9.17) is 5.73 Å². The van der Waals surface area contributed by atoms with Gasteiger partial charge in [0.05, 0.1) is 0 Å². The van der Waals surface area contributed by atoms with Gasteiger partial charge in [0.15, 0.2) is 0 Å². The van der Waals surface area contributed by atoms with Crippen molar-refractivity contribution in [3.05, 3.63) is 35.4 Å². The molecule has 3 N–H and O–H groups in total. The Kier molecular flexibility index (Phi) is 6.88. The molecule has 0 spiro atoms. The Balaban J connectivity index is 2.68. The van der Waals surface area contributed by atoms with Gasteiger partial charge in [0.25, 0.3) is 11.8 Å². The monoisotopic (exact) mass is 291 g/mol. The third-order valence-corrected chi connectivity index (χ3v) is 3.33. The molecule has 21 heavy (non-hydrogen) atoms. The Morgan fingerprint density at radius 3 is 2.24 bits per heavy atom. The highest BCUT2D eigenvalue weighted by molar-refractivity contribution is 5.97. The number of carbonyl (C=O) groups is 2. The Hall–Kier alpha value is -1.88. The summed E-state index contributed by atoms with van der Waals surface area (Å²) < 4.78 is 0. The topological polar surface area (TPSA) is 75.4 Å². The molecule has 1 aromatic carbocycles. The van der Waals surface area contributed by atoms with Crippen LogP contribution in [0.3, 0.4) is 0 Å². The summed E-state index contributed by atoms with van der Waals surface area (Å²) in [5.74, 6) is -0.227. The molecule has 1 rings (SSSR count). The molecule has 0 heterocycles. The van der Waals surface area contributed by atoms with E-state index < -0.39 is 0 Å². The molecule has 0 aliphatic heterocycles. The summed E-state index contributed by atoms with van der Waals surface area (Å²) in [6.07, 6.45) is 3.00. The fraction of sp³-hybridized carbons (Fsp3) is 0.500. The average Bonchev–Trinajstić information content (AvgIpc) is 2.50. The van der Waals surface area contributed by atoms with Crippen LogP contribution in [0.4, 0.5) is 0 Å². The molecular formula is C16H25N3O2. The van der Waals surface area contributed by atoms with Gasteiger partial charge in [-0.25, -0.2) is 0 Å². The van der Waals surface area contributed by atoms with Gasteiger partial charge in [0.2, 0.25) is 0 Å². The molecule has 0 radical (unpaired) electrons. The van der Waals surface area contributed by atoms with Crippen molar-refractivity contribution in [2.45, 2.75) is 32.2 Å². The fourth-order valence-electron chi connectivity index (χ4n) is 1.99. The van der Waals surface area contributed by atoms with Crippen LogP contribution in [0.25, 0.3) is 0 Å². The molecule has 1 atom stereocenters. The molecular weight excluding hydrogens is 266 g/mol. The summed E-state index contributed by atoms with van der Waals surface area (Å²) in [7, 11) is 3.39. The molecule has 0 saturated heterocycles. The smallest absolute Gasteiger partial charge is 0.253 e. The second-order valence-corrected chi connectivity index (χ2v) is 5.33. The first-order valence-electron chi connectivity index (χ1n) is 7.32. The van der Waals surface area contributed by atoms with Gasteiger partial charge < -0.3 is 16.0 Å². The van der Waals surface area contributed by atoms with Crippen LogP contribution in [0, 0.1) is 0 Å². The predicted molar refractivity (Wildman–Crippen MR) is 84.3 cm³/mol. The molecule has 1 aromatic rings. The van der Waals surface area contributed by atoms with E-state index in [1.807, 2.05) is 0 Å².